The molecule has 3 rings (SSSR count). The summed E-state index contributed by atoms with van der Waals surface area (Å²) in [6.45, 7) is 6.79. The molecule has 0 bridgehead atoms. The van der Waals surface area contributed by atoms with Crippen molar-refractivity contribution in [2.75, 3.05) is 31.1 Å². The summed E-state index contributed by atoms with van der Waals surface area (Å²) in [5.41, 5.74) is 2.01. The Morgan fingerprint density at radius 1 is 1.00 bits per heavy atom. The average molecular weight is 402 g/mol. The Hall–Kier alpha value is -2.60. The summed E-state index contributed by atoms with van der Waals surface area (Å²) in [4.78, 5) is 27.7. The van der Waals surface area contributed by atoms with Crippen LogP contribution in [0.2, 0.25) is 5.02 Å². The molecule has 6 nitrogen and oxygen atoms in total. The molecule has 0 N–H and O–H groups in total. The summed E-state index contributed by atoms with van der Waals surface area (Å²) in [5, 5.41) is 11.5. The fourth-order valence-electron chi connectivity index (χ4n) is 3.65. The van der Waals surface area contributed by atoms with Crippen LogP contribution >= 0.6 is 11.6 Å². The van der Waals surface area contributed by atoms with Crippen LogP contribution < -0.4 is 4.90 Å². The molecule has 1 atom stereocenters. The third kappa shape index (κ3) is 4.44. The van der Waals surface area contributed by atoms with Gasteiger partial charge >= 0.3 is 0 Å². The lowest BCUT2D eigenvalue weighted by Crippen LogP contribution is -2.50. The fourth-order valence-corrected chi connectivity index (χ4v) is 3.78. The van der Waals surface area contributed by atoms with Gasteiger partial charge in [0, 0.05) is 49.0 Å². The molecule has 28 heavy (non-hydrogen) atoms. The molecule has 0 aliphatic carbocycles. The lowest BCUT2D eigenvalue weighted by Gasteiger charge is -2.38. The zero-order valence-electron chi connectivity index (χ0n) is 16.0. The van der Waals surface area contributed by atoms with Crippen molar-refractivity contribution in [2.24, 2.45) is 5.92 Å². The molecular weight excluding hydrogens is 378 g/mol. The Labute approximate surface area is 169 Å². The topological polar surface area (TPSA) is 66.7 Å². The zero-order valence-corrected chi connectivity index (χ0v) is 16.8. The van der Waals surface area contributed by atoms with Crippen molar-refractivity contribution in [3.05, 3.63) is 69.2 Å². The van der Waals surface area contributed by atoms with E-state index in [4.69, 9.17) is 11.6 Å². The van der Waals surface area contributed by atoms with Gasteiger partial charge in [0.25, 0.3) is 5.69 Å². The van der Waals surface area contributed by atoms with Crippen LogP contribution in [0, 0.1) is 16.0 Å². The number of amides is 1. The summed E-state index contributed by atoms with van der Waals surface area (Å²) in [6.07, 6.45) is 0. The molecule has 0 saturated carbocycles. The molecule has 1 aliphatic rings. The number of piperazine rings is 1. The van der Waals surface area contributed by atoms with Crippen molar-refractivity contribution in [2.45, 2.75) is 19.8 Å². The van der Waals surface area contributed by atoms with Gasteiger partial charge in [0.2, 0.25) is 5.91 Å². The summed E-state index contributed by atoms with van der Waals surface area (Å²) < 4.78 is 0. The normalized spacial score (nSPS) is 15.6. The predicted octanol–water partition coefficient (Wildman–Crippen LogP) is 4.34. The van der Waals surface area contributed by atoms with E-state index in [0.29, 0.717) is 31.2 Å². The first kappa shape index (κ1) is 20.1. The number of anilines is 1. The Kier molecular flexibility index (Phi) is 6.19. The van der Waals surface area contributed by atoms with E-state index in [1.54, 1.807) is 12.1 Å². The summed E-state index contributed by atoms with van der Waals surface area (Å²) in [5.74, 6) is 0.130. The SMILES string of the molecule is CC(C)[C@@H](C(=O)N1CCN(c2ccc([N+](=O)[O-])cc2)CC1)c1ccc(Cl)cc1. The van der Waals surface area contributed by atoms with Gasteiger partial charge in [-0.2, -0.15) is 0 Å². The average Bonchev–Trinajstić information content (AvgIpc) is 2.69. The van der Waals surface area contributed by atoms with Crippen molar-refractivity contribution >= 4 is 28.9 Å². The van der Waals surface area contributed by atoms with E-state index in [0.717, 1.165) is 11.3 Å². The highest BCUT2D eigenvalue weighted by Crippen LogP contribution is 2.29. The van der Waals surface area contributed by atoms with Gasteiger partial charge in [-0.25, -0.2) is 0 Å². The number of carbonyl (C=O) groups is 1. The molecule has 1 aliphatic heterocycles. The molecule has 2 aromatic rings. The van der Waals surface area contributed by atoms with Crippen molar-refractivity contribution in [1.82, 2.24) is 4.90 Å². The van der Waals surface area contributed by atoms with Gasteiger partial charge in [-0.15, -0.1) is 0 Å². The Balaban J connectivity index is 1.66. The van der Waals surface area contributed by atoms with Crippen molar-refractivity contribution in [3.63, 3.8) is 0 Å². The largest absolute Gasteiger partial charge is 0.368 e. The number of hydrogen-bond acceptors (Lipinski definition) is 4. The summed E-state index contributed by atoms with van der Waals surface area (Å²) in [7, 11) is 0. The minimum atomic E-state index is -0.400. The molecule has 0 aromatic heterocycles. The van der Waals surface area contributed by atoms with E-state index in [2.05, 4.69) is 18.7 Å². The number of nitro benzene ring substituents is 1. The molecule has 0 unspecified atom stereocenters. The Morgan fingerprint density at radius 2 is 1.57 bits per heavy atom. The van der Waals surface area contributed by atoms with Crippen molar-refractivity contribution in [3.8, 4) is 0 Å². The number of nitrogens with zero attached hydrogens (tertiary/aromatic N) is 3. The van der Waals surface area contributed by atoms with Crippen LogP contribution in [0.5, 0.6) is 0 Å². The predicted molar refractivity (Wildman–Crippen MR) is 111 cm³/mol. The van der Waals surface area contributed by atoms with E-state index in [1.807, 2.05) is 29.2 Å². The molecule has 0 spiro atoms. The lowest BCUT2D eigenvalue weighted by molar-refractivity contribution is -0.384. The number of rotatable bonds is 5. The van der Waals surface area contributed by atoms with Crippen LogP contribution in [-0.2, 0) is 4.79 Å². The van der Waals surface area contributed by atoms with E-state index in [9.17, 15) is 14.9 Å². The van der Waals surface area contributed by atoms with E-state index < -0.39 is 4.92 Å². The molecular formula is C21H24ClN3O3. The van der Waals surface area contributed by atoms with Crippen LogP contribution in [0.1, 0.15) is 25.3 Å². The van der Waals surface area contributed by atoms with Gasteiger partial charge in [0.1, 0.15) is 0 Å². The molecule has 1 fully saturated rings. The van der Waals surface area contributed by atoms with Gasteiger partial charge in [-0.1, -0.05) is 37.6 Å². The zero-order chi connectivity index (χ0) is 20.3. The molecule has 2 aromatic carbocycles. The highest BCUT2D eigenvalue weighted by molar-refractivity contribution is 6.30. The molecule has 1 amide bonds. The smallest absolute Gasteiger partial charge is 0.269 e. The maximum absolute atomic E-state index is 13.2. The molecule has 7 heteroatoms. The van der Waals surface area contributed by atoms with Gasteiger partial charge in [0.05, 0.1) is 10.8 Å². The summed E-state index contributed by atoms with van der Waals surface area (Å²) >= 11 is 5.99. The number of nitro groups is 1. The van der Waals surface area contributed by atoms with E-state index in [1.165, 1.54) is 12.1 Å². The minimum absolute atomic E-state index is 0.0836. The van der Waals surface area contributed by atoms with Gasteiger partial charge in [-0.3, -0.25) is 14.9 Å². The Bertz CT molecular complexity index is 829. The van der Waals surface area contributed by atoms with Crippen LogP contribution in [0.3, 0.4) is 0 Å². The van der Waals surface area contributed by atoms with Gasteiger partial charge < -0.3 is 9.80 Å². The van der Waals surface area contributed by atoms with E-state index >= 15 is 0 Å². The van der Waals surface area contributed by atoms with Gasteiger partial charge in [-0.05, 0) is 35.7 Å². The third-order valence-electron chi connectivity index (χ3n) is 5.18. The lowest BCUT2D eigenvalue weighted by atomic mass is 9.87. The summed E-state index contributed by atoms with van der Waals surface area (Å²) in [6, 6.07) is 14.1. The highest BCUT2D eigenvalue weighted by atomic mass is 35.5. The maximum atomic E-state index is 13.2. The number of non-ortho nitro benzene ring substituents is 1. The maximum Gasteiger partial charge on any atom is 0.269 e. The first-order valence-corrected chi connectivity index (χ1v) is 9.78. The minimum Gasteiger partial charge on any atom is -0.368 e. The quantitative estimate of drug-likeness (QED) is 0.552. The van der Waals surface area contributed by atoms with E-state index in [-0.39, 0.29) is 23.4 Å². The molecule has 1 saturated heterocycles. The van der Waals surface area contributed by atoms with Crippen molar-refractivity contribution in [1.29, 1.82) is 0 Å². The van der Waals surface area contributed by atoms with Gasteiger partial charge in [0.15, 0.2) is 0 Å². The van der Waals surface area contributed by atoms with Crippen LogP contribution in [0.15, 0.2) is 48.5 Å². The second-order valence-electron chi connectivity index (χ2n) is 7.36. The second-order valence-corrected chi connectivity index (χ2v) is 7.80. The Morgan fingerprint density at radius 3 is 2.07 bits per heavy atom. The number of hydrogen-bond donors (Lipinski definition) is 0. The monoisotopic (exact) mass is 401 g/mol. The number of halogens is 1. The second kappa shape index (κ2) is 8.61. The molecule has 0 radical (unpaired) electrons. The third-order valence-corrected chi connectivity index (χ3v) is 5.43. The van der Waals surface area contributed by atoms with Crippen molar-refractivity contribution < 1.29 is 9.72 Å². The van der Waals surface area contributed by atoms with Crippen LogP contribution in [-0.4, -0.2) is 41.9 Å². The number of carbonyl (C=O) groups excluding carboxylic acids is 1. The fraction of sp³-hybridized carbons (Fsp3) is 0.381. The first-order chi connectivity index (χ1) is 13.4. The van der Waals surface area contributed by atoms with Crippen LogP contribution in [0.4, 0.5) is 11.4 Å². The highest BCUT2D eigenvalue weighted by Gasteiger charge is 2.30. The van der Waals surface area contributed by atoms with Crippen LogP contribution in [0.25, 0.3) is 0 Å². The number of benzene rings is 2. The molecule has 1 heterocycles. The standard InChI is InChI=1S/C21H24ClN3O3/c1-15(2)20(16-3-5-17(22)6-4-16)21(26)24-13-11-23(12-14-24)18-7-9-19(10-8-18)25(27)28/h3-10,15,20H,11-14H2,1-2H3/t20-/m1/s1. The first-order valence-electron chi connectivity index (χ1n) is 9.40. The molecule has 148 valence electrons.